The van der Waals surface area contributed by atoms with Gasteiger partial charge in [0.2, 0.25) is 5.75 Å². The first-order valence-electron chi connectivity index (χ1n) is 7.59. The number of hydrogen-bond acceptors (Lipinski definition) is 6. The molecule has 0 radical (unpaired) electrons. The minimum Gasteiger partial charge on any atom is -0.493 e. The number of rotatable bonds is 6. The molecule has 0 heterocycles. The second-order valence-electron chi connectivity index (χ2n) is 5.22. The molecular formula is C18H20O7. The van der Waals surface area contributed by atoms with Gasteiger partial charge in [-0.2, -0.15) is 0 Å². The Morgan fingerprint density at radius 3 is 2.08 bits per heavy atom. The number of aryl methyl sites for hydroxylation is 1. The van der Waals surface area contributed by atoms with Crippen LogP contribution in [0.4, 0.5) is 0 Å². The Kier molecular flexibility index (Phi) is 5.36. The van der Waals surface area contributed by atoms with Crippen LogP contribution in [0.3, 0.4) is 0 Å². The Hall–Kier alpha value is -2.96. The molecule has 0 saturated carbocycles. The third-order valence-corrected chi connectivity index (χ3v) is 3.84. The van der Waals surface area contributed by atoms with E-state index in [2.05, 4.69) is 0 Å². The summed E-state index contributed by atoms with van der Waals surface area (Å²) >= 11 is 0. The van der Waals surface area contributed by atoms with E-state index in [0.29, 0.717) is 40.0 Å². The summed E-state index contributed by atoms with van der Waals surface area (Å²) in [5.74, 6) is -0.518. The Balaban J connectivity index is 3.08. The molecule has 0 unspecified atom stereocenters. The first-order valence-corrected chi connectivity index (χ1v) is 7.59. The zero-order valence-electron chi connectivity index (χ0n) is 14.8. The Labute approximate surface area is 145 Å². The van der Waals surface area contributed by atoms with Gasteiger partial charge >= 0.3 is 11.9 Å². The van der Waals surface area contributed by atoms with Gasteiger partial charge < -0.3 is 24.1 Å². The molecule has 0 aromatic heterocycles. The van der Waals surface area contributed by atoms with Gasteiger partial charge in [0.25, 0.3) is 0 Å². The lowest BCUT2D eigenvalue weighted by Gasteiger charge is -2.19. The van der Waals surface area contributed by atoms with Crippen molar-refractivity contribution in [2.24, 2.45) is 0 Å². The predicted molar refractivity (Wildman–Crippen MR) is 91.3 cm³/mol. The normalized spacial score (nSPS) is 10.4. The number of benzene rings is 2. The molecule has 7 heteroatoms. The Morgan fingerprint density at radius 1 is 1.00 bits per heavy atom. The lowest BCUT2D eigenvalue weighted by Crippen LogP contribution is -2.08. The highest BCUT2D eigenvalue weighted by Crippen LogP contribution is 2.48. The first kappa shape index (κ1) is 18.4. The summed E-state index contributed by atoms with van der Waals surface area (Å²) in [4.78, 5) is 23.2. The van der Waals surface area contributed by atoms with E-state index in [1.54, 1.807) is 6.07 Å². The zero-order chi connectivity index (χ0) is 18.7. The molecule has 0 fully saturated rings. The van der Waals surface area contributed by atoms with E-state index in [1.165, 1.54) is 34.3 Å². The van der Waals surface area contributed by atoms with Crippen LogP contribution in [0.5, 0.6) is 23.0 Å². The Bertz CT molecular complexity index is 839. The lowest BCUT2D eigenvalue weighted by atomic mass is 9.94. The summed E-state index contributed by atoms with van der Waals surface area (Å²) in [6.07, 6.45) is 0.435. The fraction of sp³-hybridized carbons (Fsp3) is 0.333. The van der Waals surface area contributed by atoms with E-state index in [-0.39, 0.29) is 11.3 Å². The van der Waals surface area contributed by atoms with E-state index in [1.807, 2.05) is 6.92 Å². The van der Waals surface area contributed by atoms with Crippen molar-refractivity contribution in [3.05, 3.63) is 23.3 Å². The number of hydrogen-bond donors (Lipinski definition) is 1. The maximum absolute atomic E-state index is 11.7. The summed E-state index contributed by atoms with van der Waals surface area (Å²) in [5, 5.41) is 10.6. The van der Waals surface area contributed by atoms with Crippen LogP contribution < -0.4 is 18.9 Å². The fourth-order valence-electron chi connectivity index (χ4n) is 2.88. The highest BCUT2D eigenvalue weighted by Gasteiger charge is 2.25. The van der Waals surface area contributed by atoms with Crippen molar-refractivity contribution in [3.63, 3.8) is 0 Å². The molecule has 0 aliphatic rings. The van der Waals surface area contributed by atoms with Gasteiger partial charge in [0.05, 0.1) is 26.9 Å². The van der Waals surface area contributed by atoms with Crippen LogP contribution in [0.1, 0.15) is 29.8 Å². The van der Waals surface area contributed by atoms with E-state index < -0.39 is 11.9 Å². The summed E-state index contributed by atoms with van der Waals surface area (Å²) in [5.41, 5.74) is 0.591. The van der Waals surface area contributed by atoms with E-state index in [9.17, 15) is 14.7 Å². The molecule has 0 atom stereocenters. The maximum Gasteiger partial charge on any atom is 0.336 e. The molecule has 0 spiro atoms. The lowest BCUT2D eigenvalue weighted by molar-refractivity contribution is -0.131. The molecule has 0 amide bonds. The molecule has 2 rings (SSSR count). The van der Waals surface area contributed by atoms with Crippen molar-refractivity contribution in [2.45, 2.75) is 20.3 Å². The molecule has 134 valence electrons. The fourth-order valence-corrected chi connectivity index (χ4v) is 2.88. The number of fused-ring (bicyclic) bond motifs is 1. The van der Waals surface area contributed by atoms with E-state index in [0.717, 1.165) is 0 Å². The average Bonchev–Trinajstić information content (AvgIpc) is 2.58. The number of carboxylic acids is 1. The van der Waals surface area contributed by atoms with Gasteiger partial charge in [-0.15, -0.1) is 0 Å². The first-order chi connectivity index (χ1) is 11.9. The molecule has 1 N–H and O–H groups in total. The predicted octanol–water partition coefficient (Wildman–Crippen LogP) is 3.05. The van der Waals surface area contributed by atoms with Crippen molar-refractivity contribution in [2.75, 3.05) is 21.3 Å². The van der Waals surface area contributed by atoms with Gasteiger partial charge in [0, 0.05) is 17.7 Å². The van der Waals surface area contributed by atoms with Crippen molar-refractivity contribution >= 4 is 22.7 Å². The molecule has 25 heavy (non-hydrogen) atoms. The molecule has 7 nitrogen and oxygen atoms in total. The highest BCUT2D eigenvalue weighted by molar-refractivity contribution is 6.06. The van der Waals surface area contributed by atoms with Crippen LogP contribution in [0.25, 0.3) is 10.8 Å². The van der Waals surface area contributed by atoms with E-state index >= 15 is 0 Å². The van der Waals surface area contributed by atoms with Crippen molar-refractivity contribution in [3.8, 4) is 23.0 Å². The van der Waals surface area contributed by atoms with Crippen LogP contribution in [0.15, 0.2) is 12.1 Å². The molecule has 0 saturated heterocycles. The number of esters is 1. The van der Waals surface area contributed by atoms with Gasteiger partial charge in [-0.05, 0) is 24.1 Å². The zero-order valence-corrected chi connectivity index (χ0v) is 14.8. The van der Waals surface area contributed by atoms with E-state index in [4.69, 9.17) is 18.9 Å². The topological polar surface area (TPSA) is 91.3 Å². The molecule has 2 aromatic carbocycles. The van der Waals surface area contributed by atoms with Crippen LogP contribution in [0.2, 0.25) is 0 Å². The Morgan fingerprint density at radius 2 is 1.64 bits per heavy atom. The van der Waals surface area contributed by atoms with Crippen LogP contribution >= 0.6 is 0 Å². The number of methoxy groups -OCH3 is 3. The highest BCUT2D eigenvalue weighted by atomic mass is 16.5. The SMILES string of the molecule is CCc1c(C(=O)O)cc(OC(C)=O)c2cc(OC)c(OC)c(OC)c12. The molecule has 0 bridgehead atoms. The van der Waals surface area contributed by atoms with Crippen molar-refractivity contribution in [1.29, 1.82) is 0 Å². The van der Waals surface area contributed by atoms with Crippen LogP contribution in [0, 0.1) is 0 Å². The average molecular weight is 348 g/mol. The second-order valence-corrected chi connectivity index (χ2v) is 5.22. The van der Waals surface area contributed by atoms with Crippen molar-refractivity contribution in [1.82, 2.24) is 0 Å². The van der Waals surface area contributed by atoms with Gasteiger partial charge in [-0.25, -0.2) is 4.79 Å². The number of carbonyl (C=O) groups excluding carboxylic acids is 1. The molecule has 2 aromatic rings. The second kappa shape index (κ2) is 7.29. The maximum atomic E-state index is 11.7. The van der Waals surface area contributed by atoms with Gasteiger partial charge in [-0.1, -0.05) is 6.92 Å². The van der Waals surface area contributed by atoms with Crippen molar-refractivity contribution < 1.29 is 33.6 Å². The largest absolute Gasteiger partial charge is 0.493 e. The standard InChI is InChI=1S/C18H20O7/c1-6-10-11(18(20)21)7-13(25-9(2)19)12-8-14(22-3)16(23-4)17(24-5)15(10)12/h7-8H,6H2,1-5H3,(H,20,21). The molecular weight excluding hydrogens is 328 g/mol. The number of ether oxygens (including phenoxy) is 4. The van der Waals surface area contributed by atoms with Crippen LogP contribution in [-0.2, 0) is 11.2 Å². The third kappa shape index (κ3) is 3.17. The van der Waals surface area contributed by atoms with Crippen LogP contribution in [-0.4, -0.2) is 38.4 Å². The number of aromatic carboxylic acids is 1. The monoisotopic (exact) mass is 348 g/mol. The summed E-state index contributed by atoms with van der Waals surface area (Å²) in [6.45, 7) is 3.08. The van der Waals surface area contributed by atoms with Gasteiger partial charge in [-0.3, -0.25) is 4.79 Å². The summed E-state index contributed by atoms with van der Waals surface area (Å²) in [7, 11) is 4.39. The number of carbonyl (C=O) groups is 2. The summed E-state index contributed by atoms with van der Waals surface area (Å²) in [6, 6.07) is 2.98. The molecule has 0 aliphatic carbocycles. The minimum atomic E-state index is -1.12. The summed E-state index contributed by atoms with van der Waals surface area (Å²) < 4.78 is 21.4. The number of carboxylic acid groups (broad SMARTS) is 1. The quantitative estimate of drug-likeness (QED) is 0.633. The third-order valence-electron chi connectivity index (χ3n) is 3.84. The smallest absolute Gasteiger partial charge is 0.336 e. The van der Waals surface area contributed by atoms with Gasteiger partial charge in [0.1, 0.15) is 5.75 Å². The molecule has 0 aliphatic heterocycles. The minimum absolute atomic E-state index is 0.0387. The van der Waals surface area contributed by atoms with Gasteiger partial charge in [0.15, 0.2) is 11.5 Å².